The average molecular weight is 201 g/mol. The van der Waals surface area contributed by atoms with Gasteiger partial charge in [-0.25, -0.2) is 0 Å². The highest BCUT2D eigenvalue weighted by molar-refractivity contribution is 5.87. The topological polar surface area (TPSA) is 22.0 Å². The lowest BCUT2D eigenvalue weighted by Gasteiger charge is -2.19. The van der Waals surface area contributed by atoms with Crippen LogP contribution in [0.15, 0.2) is 30.5 Å². The van der Waals surface area contributed by atoms with Gasteiger partial charge in [0, 0.05) is 18.7 Å². The van der Waals surface area contributed by atoms with Gasteiger partial charge in [-0.2, -0.15) is 0 Å². The van der Waals surface area contributed by atoms with Crippen LogP contribution in [0.4, 0.5) is 0 Å². The van der Waals surface area contributed by atoms with Gasteiger partial charge in [-0.1, -0.05) is 18.2 Å². The minimum atomic E-state index is -0.425. The van der Waals surface area contributed by atoms with E-state index >= 15 is 0 Å². The van der Waals surface area contributed by atoms with Gasteiger partial charge in [0.05, 0.1) is 5.52 Å². The van der Waals surface area contributed by atoms with E-state index in [-0.39, 0.29) is 0 Å². The molecule has 0 bridgehead atoms. The lowest BCUT2D eigenvalue weighted by Crippen LogP contribution is -2.19. The lowest BCUT2D eigenvalue weighted by atomic mass is 9.85. The first-order valence-electron chi connectivity index (χ1n) is 5.07. The van der Waals surface area contributed by atoms with E-state index in [4.69, 9.17) is 0 Å². The zero-order valence-electron chi connectivity index (χ0n) is 9.32. The van der Waals surface area contributed by atoms with E-state index in [1.165, 1.54) is 5.39 Å². The second-order valence-corrected chi connectivity index (χ2v) is 4.51. The predicted octanol–water partition coefficient (Wildman–Crippen LogP) is 2.65. The van der Waals surface area contributed by atoms with Crippen LogP contribution >= 0.6 is 0 Å². The maximum Gasteiger partial charge on any atom is 0.130 e. The Bertz CT molecular complexity index is 508. The highest BCUT2D eigenvalue weighted by atomic mass is 16.1. The van der Waals surface area contributed by atoms with Gasteiger partial charge in [-0.05, 0) is 30.9 Å². The number of benzene rings is 1. The molecule has 78 valence electrons. The van der Waals surface area contributed by atoms with Crippen molar-refractivity contribution in [1.29, 1.82) is 0 Å². The van der Waals surface area contributed by atoms with Crippen LogP contribution in [0.3, 0.4) is 0 Å². The Morgan fingerprint density at radius 3 is 2.67 bits per heavy atom. The van der Waals surface area contributed by atoms with E-state index < -0.39 is 5.41 Å². The van der Waals surface area contributed by atoms with E-state index in [9.17, 15) is 4.79 Å². The molecule has 0 N–H and O–H groups in total. The molecule has 0 unspecified atom stereocenters. The fraction of sp³-hybridized carbons (Fsp3) is 0.308. The number of hydrogen-bond donors (Lipinski definition) is 0. The predicted molar refractivity (Wildman–Crippen MR) is 62.0 cm³/mol. The molecule has 0 aliphatic heterocycles. The van der Waals surface area contributed by atoms with Gasteiger partial charge >= 0.3 is 0 Å². The van der Waals surface area contributed by atoms with Crippen molar-refractivity contribution < 1.29 is 4.79 Å². The summed E-state index contributed by atoms with van der Waals surface area (Å²) in [5.41, 5.74) is 1.81. The number of nitrogens with zero attached hydrogens (tertiary/aromatic N) is 1. The van der Waals surface area contributed by atoms with Crippen molar-refractivity contribution in [2.24, 2.45) is 7.05 Å². The van der Waals surface area contributed by atoms with Crippen molar-refractivity contribution in [3.05, 3.63) is 36.0 Å². The summed E-state index contributed by atoms with van der Waals surface area (Å²) in [7, 11) is 2.01. The highest BCUT2D eigenvalue weighted by Gasteiger charge is 2.22. The summed E-state index contributed by atoms with van der Waals surface area (Å²) in [5, 5.41) is 1.19. The largest absolute Gasteiger partial charge is 0.350 e. The zero-order chi connectivity index (χ0) is 11.1. The van der Waals surface area contributed by atoms with Crippen LogP contribution in [0.2, 0.25) is 0 Å². The molecule has 15 heavy (non-hydrogen) atoms. The van der Waals surface area contributed by atoms with Gasteiger partial charge in [0.15, 0.2) is 0 Å². The minimum Gasteiger partial charge on any atom is -0.350 e. The molecule has 2 nitrogen and oxygen atoms in total. The summed E-state index contributed by atoms with van der Waals surface area (Å²) >= 11 is 0. The molecule has 2 rings (SSSR count). The SMILES string of the molecule is Cn1ccc2cccc(C(C)(C)C=O)c21. The molecule has 1 heterocycles. The van der Waals surface area contributed by atoms with Crippen LogP contribution < -0.4 is 0 Å². The summed E-state index contributed by atoms with van der Waals surface area (Å²) in [6.45, 7) is 3.89. The molecule has 1 aromatic heterocycles. The molecular formula is C13H15NO. The smallest absolute Gasteiger partial charge is 0.130 e. The molecule has 0 atom stereocenters. The van der Waals surface area contributed by atoms with Crippen molar-refractivity contribution in [2.75, 3.05) is 0 Å². The van der Waals surface area contributed by atoms with Crippen LogP contribution in [0.25, 0.3) is 10.9 Å². The summed E-state index contributed by atoms with van der Waals surface area (Å²) < 4.78 is 2.07. The number of para-hydroxylation sites is 1. The molecule has 0 spiro atoms. The number of aryl methyl sites for hydroxylation is 1. The average Bonchev–Trinajstić information content (AvgIpc) is 2.60. The molecule has 0 aliphatic rings. The number of carbonyl (C=O) groups is 1. The second-order valence-electron chi connectivity index (χ2n) is 4.51. The molecule has 0 saturated carbocycles. The quantitative estimate of drug-likeness (QED) is 0.685. The maximum atomic E-state index is 11.1. The Labute approximate surface area is 89.5 Å². The van der Waals surface area contributed by atoms with Crippen LogP contribution in [0, 0.1) is 0 Å². The van der Waals surface area contributed by atoms with E-state index in [1.54, 1.807) is 0 Å². The van der Waals surface area contributed by atoms with E-state index in [0.717, 1.165) is 17.4 Å². The number of fused-ring (bicyclic) bond motifs is 1. The Hall–Kier alpha value is -1.57. The summed E-state index contributed by atoms with van der Waals surface area (Å²) in [6.07, 6.45) is 3.03. The molecule has 0 saturated heterocycles. The van der Waals surface area contributed by atoms with Crippen LogP contribution in [0.1, 0.15) is 19.4 Å². The van der Waals surface area contributed by atoms with Gasteiger partial charge < -0.3 is 9.36 Å². The van der Waals surface area contributed by atoms with Crippen molar-refractivity contribution in [3.63, 3.8) is 0 Å². The van der Waals surface area contributed by atoms with Gasteiger partial charge in [-0.15, -0.1) is 0 Å². The first kappa shape index (κ1) is 9.97. The van der Waals surface area contributed by atoms with Gasteiger partial charge in [0.2, 0.25) is 0 Å². The Kier molecular flexibility index (Phi) is 2.14. The van der Waals surface area contributed by atoms with Crippen LogP contribution in [0.5, 0.6) is 0 Å². The monoisotopic (exact) mass is 201 g/mol. The van der Waals surface area contributed by atoms with E-state index in [0.29, 0.717) is 0 Å². The third kappa shape index (κ3) is 1.46. The Morgan fingerprint density at radius 2 is 2.00 bits per heavy atom. The molecule has 0 fully saturated rings. The Morgan fingerprint density at radius 1 is 1.27 bits per heavy atom. The maximum absolute atomic E-state index is 11.1. The second kappa shape index (κ2) is 3.23. The summed E-state index contributed by atoms with van der Waals surface area (Å²) in [6, 6.07) is 8.17. The standard InChI is InChI=1S/C13H15NO/c1-13(2,9-15)11-6-4-5-10-7-8-14(3)12(10)11/h4-9H,1-3H3. The fourth-order valence-electron chi connectivity index (χ4n) is 1.94. The number of carbonyl (C=O) groups excluding carboxylic acids is 1. The lowest BCUT2D eigenvalue weighted by molar-refractivity contribution is -0.111. The van der Waals surface area contributed by atoms with E-state index in [1.807, 2.05) is 39.2 Å². The first-order valence-corrected chi connectivity index (χ1v) is 5.07. The Balaban J connectivity index is 2.80. The molecule has 0 amide bonds. The third-order valence-corrected chi connectivity index (χ3v) is 2.89. The van der Waals surface area contributed by atoms with Crippen molar-refractivity contribution in [3.8, 4) is 0 Å². The van der Waals surface area contributed by atoms with Gasteiger partial charge in [0.25, 0.3) is 0 Å². The van der Waals surface area contributed by atoms with E-state index in [2.05, 4.69) is 16.7 Å². The van der Waals surface area contributed by atoms with Crippen molar-refractivity contribution in [2.45, 2.75) is 19.3 Å². The zero-order valence-corrected chi connectivity index (χ0v) is 9.32. The molecule has 0 radical (unpaired) electrons. The number of aldehydes is 1. The number of hydrogen-bond acceptors (Lipinski definition) is 1. The van der Waals surface area contributed by atoms with Crippen molar-refractivity contribution in [1.82, 2.24) is 4.57 Å². The van der Waals surface area contributed by atoms with Crippen LogP contribution in [-0.2, 0) is 17.3 Å². The first-order chi connectivity index (χ1) is 7.06. The van der Waals surface area contributed by atoms with Crippen LogP contribution in [-0.4, -0.2) is 10.9 Å². The summed E-state index contributed by atoms with van der Waals surface area (Å²) in [4.78, 5) is 11.1. The molecule has 2 heteroatoms. The molecule has 1 aromatic carbocycles. The normalized spacial score (nSPS) is 11.9. The fourth-order valence-corrected chi connectivity index (χ4v) is 1.94. The summed E-state index contributed by atoms with van der Waals surface area (Å²) in [5.74, 6) is 0. The molecule has 0 aliphatic carbocycles. The number of rotatable bonds is 2. The third-order valence-electron chi connectivity index (χ3n) is 2.89. The minimum absolute atomic E-state index is 0.425. The number of aromatic nitrogens is 1. The molecular weight excluding hydrogens is 186 g/mol. The molecule has 2 aromatic rings. The highest BCUT2D eigenvalue weighted by Crippen LogP contribution is 2.28. The van der Waals surface area contributed by atoms with Gasteiger partial charge in [0.1, 0.15) is 6.29 Å². The van der Waals surface area contributed by atoms with Crippen molar-refractivity contribution >= 4 is 17.2 Å². The van der Waals surface area contributed by atoms with Gasteiger partial charge in [-0.3, -0.25) is 0 Å².